The molecule has 0 saturated heterocycles. The number of fused-ring (bicyclic) bond motifs is 2. The van der Waals surface area contributed by atoms with Gasteiger partial charge in [-0.05, 0) is 25.0 Å². The molecule has 1 aliphatic heterocycles. The third-order valence-corrected chi connectivity index (χ3v) is 4.77. The van der Waals surface area contributed by atoms with Crippen LogP contribution < -0.4 is 4.74 Å². The average molecular weight is 251 g/mol. The zero-order valence-electron chi connectivity index (χ0n) is 10.4. The van der Waals surface area contributed by atoms with Gasteiger partial charge in [-0.25, -0.2) is 0 Å². The van der Waals surface area contributed by atoms with Crippen molar-refractivity contribution >= 4 is 5.78 Å². The van der Waals surface area contributed by atoms with Crippen molar-refractivity contribution in [3.05, 3.63) is 42.0 Å². The van der Waals surface area contributed by atoms with Crippen LogP contribution in [0.4, 0.5) is 0 Å². The predicted molar refractivity (Wildman–Crippen MR) is 68.6 cm³/mol. The molecule has 0 unspecified atom stereocenters. The molecule has 4 aliphatic rings. The quantitative estimate of drug-likeness (QED) is 0.666. The Balaban J connectivity index is 1.96. The fourth-order valence-corrected chi connectivity index (χ4v) is 3.81. The number of rotatable bonds is 0. The Kier molecular flexibility index (Phi) is 1.98. The molecule has 1 saturated carbocycles. The van der Waals surface area contributed by atoms with Gasteiger partial charge in [-0.3, -0.25) is 4.79 Å². The number of hydrogen-bond acceptors (Lipinski definition) is 3. The Labute approximate surface area is 111 Å². The summed E-state index contributed by atoms with van der Waals surface area (Å²) in [5.74, 6) is 0.750. The van der Waals surface area contributed by atoms with E-state index in [0.29, 0.717) is 11.3 Å². The standard InChI is InChI=1S/C16H13NO2/c17-9-16-11-7-5-10(6-8-11)15(16)19-13-4-2-1-3-12(13)14(16)18/h1-5,7,10-11,15H,6,8H2/t10-,11+,15-,16-/m0/s1. The molecule has 3 heteroatoms. The van der Waals surface area contributed by atoms with Crippen molar-refractivity contribution in [3.63, 3.8) is 0 Å². The van der Waals surface area contributed by atoms with Crippen LogP contribution in [-0.4, -0.2) is 11.9 Å². The first kappa shape index (κ1) is 10.8. The first-order chi connectivity index (χ1) is 9.27. The molecule has 1 aromatic rings. The van der Waals surface area contributed by atoms with Gasteiger partial charge in [0, 0.05) is 11.8 Å². The Bertz CT molecular complexity index is 642. The molecule has 1 fully saturated rings. The lowest BCUT2D eigenvalue weighted by atomic mass is 9.54. The number of allylic oxidation sites excluding steroid dienone is 1. The minimum absolute atomic E-state index is 0.00615. The Morgan fingerprint density at radius 3 is 2.84 bits per heavy atom. The van der Waals surface area contributed by atoms with Gasteiger partial charge in [-0.2, -0.15) is 5.26 Å². The van der Waals surface area contributed by atoms with Crippen molar-refractivity contribution in [2.24, 2.45) is 17.3 Å². The largest absolute Gasteiger partial charge is 0.487 e. The van der Waals surface area contributed by atoms with Crippen molar-refractivity contribution < 1.29 is 9.53 Å². The highest BCUT2D eigenvalue weighted by molar-refractivity contribution is 6.06. The summed E-state index contributed by atoms with van der Waals surface area (Å²) in [6.07, 6.45) is 5.76. The number of nitrogens with zero attached hydrogens (tertiary/aromatic N) is 1. The third kappa shape index (κ3) is 1.14. The summed E-state index contributed by atoms with van der Waals surface area (Å²) in [6.45, 7) is 0. The Morgan fingerprint density at radius 1 is 1.26 bits per heavy atom. The van der Waals surface area contributed by atoms with Gasteiger partial charge in [0.15, 0.2) is 11.2 Å². The first-order valence-electron chi connectivity index (χ1n) is 6.67. The summed E-state index contributed by atoms with van der Waals surface area (Å²) in [4.78, 5) is 12.9. The van der Waals surface area contributed by atoms with Gasteiger partial charge in [-0.1, -0.05) is 24.3 Å². The zero-order valence-corrected chi connectivity index (χ0v) is 10.4. The molecule has 3 aliphatic carbocycles. The summed E-state index contributed by atoms with van der Waals surface area (Å²) in [7, 11) is 0. The van der Waals surface area contributed by atoms with Gasteiger partial charge >= 0.3 is 0 Å². The minimum Gasteiger partial charge on any atom is -0.487 e. The van der Waals surface area contributed by atoms with Crippen molar-refractivity contribution in [2.45, 2.75) is 18.9 Å². The van der Waals surface area contributed by atoms with Crippen molar-refractivity contribution in [1.29, 1.82) is 5.26 Å². The van der Waals surface area contributed by atoms with E-state index in [1.54, 1.807) is 6.07 Å². The number of ether oxygens (including phenoxy) is 1. The minimum atomic E-state index is -1.01. The van der Waals surface area contributed by atoms with Crippen LogP contribution in [0.5, 0.6) is 5.75 Å². The van der Waals surface area contributed by atoms with E-state index in [2.05, 4.69) is 12.1 Å². The molecule has 0 amide bonds. The van der Waals surface area contributed by atoms with E-state index in [1.165, 1.54) is 0 Å². The number of carbonyl (C=O) groups excluding carboxylic acids is 1. The molecule has 0 radical (unpaired) electrons. The summed E-state index contributed by atoms with van der Waals surface area (Å²) in [5, 5.41) is 9.71. The van der Waals surface area contributed by atoms with E-state index < -0.39 is 5.41 Å². The van der Waals surface area contributed by atoms with E-state index in [9.17, 15) is 10.1 Å². The first-order valence-corrected chi connectivity index (χ1v) is 6.67. The maximum atomic E-state index is 12.9. The van der Waals surface area contributed by atoms with Crippen LogP contribution in [0.3, 0.4) is 0 Å². The monoisotopic (exact) mass is 251 g/mol. The average Bonchev–Trinajstić information content (AvgIpc) is 2.49. The fraction of sp³-hybridized carbons (Fsp3) is 0.375. The van der Waals surface area contributed by atoms with E-state index in [0.717, 1.165) is 12.8 Å². The Morgan fingerprint density at radius 2 is 2.11 bits per heavy atom. The molecule has 4 atom stereocenters. The number of hydrogen-bond donors (Lipinski definition) is 0. The summed E-state index contributed by atoms with van der Waals surface area (Å²) in [5.41, 5.74) is -0.451. The normalized spacial score (nSPS) is 38.1. The topological polar surface area (TPSA) is 50.1 Å². The summed E-state index contributed by atoms with van der Waals surface area (Å²) >= 11 is 0. The smallest absolute Gasteiger partial charge is 0.191 e. The van der Waals surface area contributed by atoms with E-state index in [-0.39, 0.29) is 23.7 Å². The molecule has 0 spiro atoms. The van der Waals surface area contributed by atoms with Crippen LogP contribution >= 0.6 is 0 Å². The molecule has 1 heterocycles. The maximum Gasteiger partial charge on any atom is 0.191 e. The van der Waals surface area contributed by atoms with Crippen LogP contribution in [0.25, 0.3) is 0 Å². The molecular formula is C16H13NO2. The molecular weight excluding hydrogens is 238 g/mol. The third-order valence-electron chi connectivity index (χ3n) is 4.77. The van der Waals surface area contributed by atoms with Crippen molar-refractivity contribution in [2.75, 3.05) is 0 Å². The lowest BCUT2D eigenvalue weighted by molar-refractivity contribution is -0.0177. The predicted octanol–water partition coefficient (Wildman–Crippen LogP) is 2.74. The zero-order chi connectivity index (χ0) is 13.0. The van der Waals surface area contributed by atoms with Crippen LogP contribution in [0.2, 0.25) is 0 Å². The van der Waals surface area contributed by atoms with Crippen LogP contribution in [0.15, 0.2) is 36.4 Å². The molecule has 2 bridgehead atoms. The van der Waals surface area contributed by atoms with E-state index >= 15 is 0 Å². The van der Waals surface area contributed by atoms with Crippen molar-refractivity contribution in [3.8, 4) is 11.8 Å². The van der Waals surface area contributed by atoms with Crippen LogP contribution in [0.1, 0.15) is 23.2 Å². The lowest BCUT2D eigenvalue weighted by Crippen LogP contribution is -2.59. The second-order valence-corrected chi connectivity index (χ2v) is 5.58. The number of para-hydroxylation sites is 1. The highest BCUT2D eigenvalue weighted by atomic mass is 16.5. The van der Waals surface area contributed by atoms with Crippen molar-refractivity contribution in [1.82, 2.24) is 0 Å². The number of benzene rings is 1. The molecule has 5 rings (SSSR count). The van der Waals surface area contributed by atoms with Gasteiger partial charge in [0.25, 0.3) is 0 Å². The number of Topliss-reactive ketones (excluding diaryl/α,β-unsaturated/α-hetero) is 1. The van der Waals surface area contributed by atoms with E-state index in [4.69, 9.17) is 4.74 Å². The van der Waals surface area contributed by atoms with Gasteiger partial charge in [-0.15, -0.1) is 0 Å². The Hall–Kier alpha value is -2.08. The maximum absolute atomic E-state index is 12.9. The number of nitriles is 1. The lowest BCUT2D eigenvalue weighted by Gasteiger charge is -2.51. The molecule has 94 valence electrons. The highest BCUT2D eigenvalue weighted by Crippen LogP contribution is 2.54. The van der Waals surface area contributed by atoms with Gasteiger partial charge in [0.05, 0.1) is 11.6 Å². The molecule has 19 heavy (non-hydrogen) atoms. The molecule has 0 N–H and O–H groups in total. The van der Waals surface area contributed by atoms with Gasteiger partial charge in [0.1, 0.15) is 11.9 Å². The summed E-state index contributed by atoms with van der Waals surface area (Å²) < 4.78 is 6.04. The second kappa shape index (κ2) is 3.48. The second-order valence-electron chi connectivity index (χ2n) is 5.58. The van der Waals surface area contributed by atoms with Gasteiger partial charge < -0.3 is 4.74 Å². The SMILES string of the molecule is N#C[C@]12C(=O)c3ccccc3O[C@H]1[C@H]1C=C[C@@H]2CC1. The number of ketones is 1. The van der Waals surface area contributed by atoms with Crippen LogP contribution in [0, 0.1) is 28.6 Å². The highest BCUT2D eigenvalue weighted by Gasteiger charge is 2.61. The molecule has 1 aromatic carbocycles. The number of carbonyl (C=O) groups is 1. The van der Waals surface area contributed by atoms with Crippen LogP contribution in [-0.2, 0) is 0 Å². The van der Waals surface area contributed by atoms with E-state index in [1.807, 2.05) is 24.3 Å². The van der Waals surface area contributed by atoms with Gasteiger partial charge in [0.2, 0.25) is 0 Å². The fourth-order valence-electron chi connectivity index (χ4n) is 3.81. The molecule has 3 nitrogen and oxygen atoms in total. The molecule has 0 aromatic heterocycles. The summed E-state index contributed by atoms with van der Waals surface area (Å²) in [6, 6.07) is 9.58.